The van der Waals surface area contributed by atoms with Crippen molar-refractivity contribution in [2.75, 3.05) is 13.2 Å². The summed E-state index contributed by atoms with van der Waals surface area (Å²) in [6, 6.07) is -0.612. The van der Waals surface area contributed by atoms with E-state index < -0.39 is 6.04 Å². The molecule has 23 heavy (non-hydrogen) atoms. The number of carbonyl (C=O) groups excluding carboxylic acids is 2. The van der Waals surface area contributed by atoms with E-state index in [1.807, 2.05) is 0 Å². The third-order valence-corrected chi connectivity index (χ3v) is 4.13. The van der Waals surface area contributed by atoms with E-state index in [4.69, 9.17) is 4.74 Å². The van der Waals surface area contributed by atoms with Crippen LogP contribution >= 0.6 is 0 Å². The van der Waals surface area contributed by atoms with Crippen LogP contribution in [0.25, 0.3) is 0 Å². The van der Waals surface area contributed by atoms with Crippen LogP contribution in [0.1, 0.15) is 51.9 Å². The van der Waals surface area contributed by atoms with Crippen molar-refractivity contribution < 1.29 is 14.3 Å². The molecule has 2 amide bonds. The molecule has 0 saturated heterocycles. The standard InChI is InChI=1S/C18H30N2O3/c1-4-7-13-16(17(21)23-6-3)19-18(22)20(14-5-2)15-11-9-8-10-12-15/h4-5,15-16H,1-2,6-14H2,3H3,(H,19,22). The quantitative estimate of drug-likeness (QED) is 0.523. The van der Waals surface area contributed by atoms with Crippen LogP contribution in [0.5, 0.6) is 0 Å². The van der Waals surface area contributed by atoms with Gasteiger partial charge in [-0.25, -0.2) is 9.59 Å². The first-order valence-electron chi connectivity index (χ1n) is 8.59. The summed E-state index contributed by atoms with van der Waals surface area (Å²) in [6.45, 7) is 9.97. The lowest BCUT2D eigenvalue weighted by molar-refractivity contribution is -0.145. The molecule has 1 aliphatic rings. The number of rotatable bonds is 9. The Morgan fingerprint density at radius 1 is 1.26 bits per heavy atom. The molecule has 1 saturated carbocycles. The van der Waals surface area contributed by atoms with E-state index in [1.165, 1.54) is 6.42 Å². The minimum atomic E-state index is -0.628. The van der Waals surface area contributed by atoms with Gasteiger partial charge in [0.2, 0.25) is 0 Å². The Hall–Kier alpha value is -1.78. The molecule has 1 unspecified atom stereocenters. The monoisotopic (exact) mass is 322 g/mol. The molecule has 1 rings (SSSR count). The molecule has 0 aromatic carbocycles. The van der Waals surface area contributed by atoms with Crippen molar-refractivity contribution in [3.8, 4) is 0 Å². The molecule has 0 aromatic heterocycles. The fourth-order valence-corrected chi connectivity index (χ4v) is 2.94. The van der Waals surface area contributed by atoms with Crippen molar-refractivity contribution in [2.45, 2.75) is 64.0 Å². The summed E-state index contributed by atoms with van der Waals surface area (Å²) in [4.78, 5) is 26.5. The maximum absolute atomic E-state index is 12.6. The lowest BCUT2D eigenvalue weighted by atomic mass is 9.94. The van der Waals surface area contributed by atoms with Crippen LogP contribution < -0.4 is 5.32 Å². The molecular weight excluding hydrogens is 292 g/mol. The summed E-state index contributed by atoms with van der Waals surface area (Å²) in [6.07, 6.45) is 10.2. The zero-order valence-electron chi connectivity index (χ0n) is 14.3. The first-order chi connectivity index (χ1) is 11.1. The number of urea groups is 1. The highest BCUT2D eigenvalue weighted by molar-refractivity contribution is 5.83. The van der Waals surface area contributed by atoms with Crippen LogP contribution in [-0.4, -0.2) is 42.1 Å². The van der Waals surface area contributed by atoms with E-state index >= 15 is 0 Å². The second kappa shape index (κ2) is 10.9. The van der Waals surface area contributed by atoms with E-state index in [2.05, 4.69) is 18.5 Å². The van der Waals surface area contributed by atoms with Crippen LogP contribution in [0.15, 0.2) is 25.3 Å². The highest BCUT2D eigenvalue weighted by Gasteiger charge is 2.28. The van der Waals surface area contributed by atoms with E-state index in [1.54, 1.807) is 24.0 Å². The Morgan fingerprint density at radius 2 is 1.96 bits per heavy atom. The summed E-state index contributed by atoms with van der Waals surface area (Å²) in [5.41, 5.74) is 0. The molecule has 1 fully saturated rings. The average Bonchev–Trinajstić information content (AvgIpc) is 2.57. The average molecular weight is 322 g/mol. The number of carbonyl (C=O) groups is 2. The number of allylic oxidation sites excluding steroid dienone is 1. The van der Waals surface area contributed by atoms with E-state index in [0.29, 0.717) is 26.0 Å². The molecule has 1 aliphatic carbocycles. The molecule has 1 N–H and O–H groups in total. The predicted molar refractivity (Wildman–Crippen MR) is 92.2 cm³/mol. The van der Waals surface area contributed by atoms with Gasteiger partial charge in [0.25, 0.3) is 0 Å². The number of hydrogen-bond acceptors (Lipinski definition) is 3. The fraction of sp³-hybridized carbons (Fsp3) is 0.667. The first-order valence-corrected chi connectivity index (χ1v) is 8.59. The molecule has 0 radical (unpaired) electrons. The van der Waals surface area contributed by atoms with Crippen molar-refractivity contribution in [2.24, 2.45) is 0 Å². The largest absolute Gasteiger partial charge is 0.464 e. The summed E-state index contributed by atoms with van der Waals surface area (Å²) in [7, 11) is 0. The van der Waals surface area contributed by atoms with Gasteiger partial charge in [0, 0.05) is 12.6 Å². The van der Waals surface area contributed by atoms with Gasteiger partial charge < -0.3 is 15.0 Å². The van der Waals surface area contributed by atoms with Crippen LogP contribution in [0, 0.1) is 0 Å². The first kappa shape index (κ1) is 19.3. The Bertz CT molecular complexity index is 403. The number of esters is 1. The van der Waals surface area contributed by atoms with Crippen LogP contribution in [0.3, 0.4) is 0 Å². The smallest absolute Gasteiger partial charge is 0.328 e. The molecule has 0 bridgehead atoms. The number of hydrogen-bond donors (Lipinski definition) is 1. The lowest BCUT2D eigenvalue weighted by Crippen LogP contribution is -2.52. The predicted octanol–water partition coefficient (Wildman–Crippen LogP) is 3.41. The SMILES string of the molecule is C=CCCC(NC(=O)N(CC=C)C1CCCCC1)C(=O)OCC. The van der Waals surface area contributed by atoms with Crippen molar-refractivity contribution in [3.63, 3.8) is 0 Å². The second-order valence-corrected chi connectivity index (χ2v) is 5.85. The number of ether oxygens (including phenoxy) is 1. The maximum Gasteiger partial charge on any atom is 0.328 e. The molecule has 0 spiro atoms. The number of nitrogens with one attached hydrogen (secondary N) is 1. The van der Waals surface area contributed by atoms with Gasteiger partial charge in [0.1, 0.15) is 6.04 Å². The molecule has 0 aromatic rings. The number of amides is 2. The molecule has 5 heteroatoms. The van der Waals surface area contributed by atoms with E-state index in [0.717, 1.165) is 25.7 Å². The van der Waals surface area contributed by atoms with Crippen molar-refractivity contribution >= 4 is 12.0 Å². The van der Waals surface area contributed by atoms with E-state index in [-0.39, 0.29) is 18.0 Å². The summed E-state index contributed by atoms with van der Waals surface area (Å²) in [5.74, 6) is -0.384. The van der Waals surface area contributed by atoms with Gasteiger partial charge in [-0.2, -0.15) is 0 Å². The molecular formula is C18H30N2O3. The Morgan fingerprint density at radius 3 is 2.52 bits per heavy atom. The highest BCUT2D eigenvalue weighted by atomic mass is 16.5. The van der Waals surface area contributed by atoms with Crippen molar-refractivity contribution in [1.82, 2.24) is 10.2 Å². The van der Waals surface area contributed by atoms with E-state index in [9.17, 15) is 9.59 Å². The van der Waals surface area contributed by atoms with Gasteiger partial charge in [0.15, 0.2) is 0 Å². The summed E-state index contributed by atoms with van der Waals surface area (Å²) >= 11 is 0. The lowest BCUT2D eigenvalue weighted by Gasteiger charge is -2.34. The summed E-state index contributed by atoms with van der Waals surface area (Å²) in [5, 5.41) is 2.84. The molecule has 1 atom stereocenters. The Balaban J connectivity index is 2.72. The summed E-state index contributed by atoms with van der Waals surface area (Å²) < 4.78 is 5.06. The molecule has 0 heterocycles. The second-order valence-electron chi connectivity index (χ2n) is 5.85. The molecule has 0 aliphatic heterocycles. The van der Waals surface area contributed by atoms with Crippen LogP contribution in [0.4, 0.5) is 4.79 Å². The topological polar surface area (TPSA) is 58.6 Å². The van der Waals surface area contributed by atoms with Gasteiger partial charge in [0.05, 0.1) is 6.61 Å². The Kier molecular flexibility index (Phi) is 9.10. The molecule has 5 nitrogen and oxygen atoms in total. The van der Waals surface area contributed by atoms with Gasteiger partial charge >= 0.3 is 12.0 Å². The third-order valence-electron chi connectivity index (χ3n) is 4.13. The number of nitrogens with zero attached hydrogens (tertiary/aromatic N) is 1. The van der Waals surface area contributed by atoms with Crippen molar-refractivity contribution in [1.29, 1.82) is 0 Å². The van der Waals surface area contributed by atoms with Crippen LogP contribution in [-0.2, 0) is 9.53 Å². The van der Waals surface area contributed by atoms with Gasteiger partial charge in [-0.05, 0) is 32.6 Å². The highest BCUT2D eigenvalue weighted by Crippen LogP contribution is 2.22. The minimum Gasteiger partial charge on any atom is -0.464 e. The van der Waals surface area contributed by atoms with Gasteiger partial charge in [-0.15, -0.1) is 13.2 Å². The third kappa shape index (κ3) is 6.47. The van der Waals surface area contributed by atoms with Crippen LogP contribution in [0.2, 0.25) is 0 Å². The minimum absolute atomic E-state index is 0.209. The fourth-order valence-electron chi connectivity index (χ4n) is 2.94. The van der Waals surface area contributed by atoms with Gasteiger partial charge in [-0.3, -0.25) is 0 Å². The Labute approximate surface area is 139 Å². The zero-order chi connectivity index (χ0) is 17.1. The normalized spacial score (nSPS) is 16.2. The van der Waals surface area contributed by atoms with Crippen molar-refractivity contribution in [3.05, 3.63) is 25.3 Å². The van der Waals surface area contributed by atoms with Gasteiger partial charge in [-0.1, -0.05) is 31.4 Å². The zero-order valence-corrected chi connectivity index (χ0v) is 14.3. The molecule has 130 valence electrons. The maximum atomic E-state index is 12.6.